The average molecular weight is 310 g/mol. The summed E-state index contributed by atoms with van der Waals surface area (Å²) >= 11 is 6.23. The fraction of sp³-hybridized carbons (Fsp3) is 0.600. The number of hydrogen-bond donors (Lipinski definition) is 1. The van der Waals surface area contributed by atoms with Crippen LogP contribution in [-0.2, 0) is 6.54 Å². The number of fused-ring (bicyclic) bond motifs is 1. The molecular weight excluding hydrogens is 290 g/mol. The standard InChI is InChI=1S/C15H20ClN3O2/c16-13-5-11(6-14-15(13)21-10-20-14)7-18-8-12(9-18)19-3-1-17-2-4-19/h5-6,12,17H,1-4,7-10H2. The van der Waals surface area contributed by atoms with Gasteiger partial charge in [-0.3, -0.25) is 9.80 Å². The molecule has 0 unspecified atom stereocenters. The van der Waals surface area contributed by atoms with Crippen molar-refractivity contribution in [3.63, 3.8) is 0 Å². The van der Waals surface area contributed by atoms with Crippen LogP contribution in [0.25, 0.3) is 0 Å². The van der Waals surface area contributed by atoms with Gasteiger partial charge in [0, 0.05) is 51.9 Å². The van der Waals surface area contributed by atoms with Gasteiger partial charge in [-0.1, -0.05) is 11.6 Å². The van der Waals surface area contributed by atoms with Gasteiger partial charge in [-0.2, -0.15) is 0 Å². The first-order chi connectivity index (χ1) is 10.3. The summed E-state index contributed by atoms with van der Waals surface area (Å²) in [6.45, 7) is 8.08. The van der Waals surface area contributed by atoms with Crippen molar-refractivity contribution < 1.29 is 9.47 Å². The monoisotopic (exact) mass is 309 g/mol. The predicted molar refractivity (Wildman–Crippen MR) is 81.1 cm³/mol. The number of rotatable bonds is 3. The average Bonchev–Trinajstić information content (AvgIpc) is 2.92. The molecule has 0 saturated carbocycles. The van der Waals surface area contributed by atoms with E-state index in [-0.39, 0.29) is 6.79 Å². The molecule has 1 N–H and O–H groups in total. The Balaban J connectivity index is 1.35. The summed E-state index contributed by atoms with van der Waals surface area (Å²) in [5.74, 6) is 1.46. The van der Waals surface area contributed by atoms with Crippen LogP contribution < -0.4 is 14.8 Å². The lowest BCUT2D eigenvalue weighted by Gasteiger charge is -2.46. The second-order valence-electron chi connectivity index (χ2n) is 5.95. The first kappa shape index (κ1) is 13.6. The maximum absolute atomic E-state index is 6.23. The summed E-state index contributed by atoms with van der Waals surface area (Å²) in [6.07, 6.45) is 0. The summed E-state index contributed by atoms with van der Waals surface area (Å²) in [5, 5.41) is 4.06. The molecule has 1 aromatic rings. The molecule has 6 heteroatoms. The fourth-order valence-electron chi connectivity index (χ4n) is 3.32. The number of nitrogens with zero attached hydrogens (tertiary/aromatic N) is 2. The molecule has 2 saturated heterocycles. The zero-order chi connectivity index (χ0) is 14.2. The highest BCUT2D eigenvalue weighted by Gasteiger charge is 2.32. The Bertz CT molecular complexity index is 528. The number of benzene rings is 1. The number of likely N-dealkylation sites (tertiary alicyclic amines) is 1. The van der Waals surface area contributed by atoms with Gasteiger partial charge >= 0.3 is 0 Å². The largest absolute Gasteiger partial charge is 0.454 e. The Kier molecular flexibility index (Phi) is 3.67. The minimum absolute atomic E-state index is 0.271. The van der Waals surface area contributed by atoms with Crippen LogP contribution in [0.15, 0.2) is 12.1 Å². The highest BCUT2D eigenvalue weighted by atomic mass is 35.5. The second-order valence-corrected chi connectivity index (χ2v) is 6.35. The molecule has 3 aliphatic heterocycles. The van der Waals surface area contributed by atoms with Gasteiger partial charge in [0.05, 0.1) is 5.02 Å². The van der Waals surface area contributed by atoms with Crippen LogP contribution in [0.4, 0.5) is 0 Å². The van der Waals surface area contributed by atoms with E-state index >= 15 is 0 Å². The molecule has 2 fully saturated rings. The third kappa shape index (κ3) is 2.71. The van der Waals surface area contributed by atoms with Gasteiger partial charge in [-0.25, -0.2) is 0 Å². The molecular formula is C15H20ClN3O2. The quantitative estimate of drug-likeness (QED) is 0.907. The van der Waals surface area contributed by atoms with Gasteiger partial charge in [-0.05, 0) is 17.7 Å². The molecule has 0 amide bonds. The minimum Gasteiger partial charge on any atom is -0.454 e. The van der Waals surface area contributed by atoms with E-state index in [4.69, 9.17) is 21.1 Å². The molecule has 0 atom stereocenters. The summed E-state index contributed by atoms with van der Waals surface area (Å²) in [7, 11) is 0. The topological polar surface area (TPSA) is 37.0 Å². The van der Waals surface area contributed by atoms with Gasteiger partial charge in [0.15, 0.2) is 11.5 Å². The molecule has 5 nitrogen and oxygen atoms in total. The molecule has 3 heterocycles. The van der Waals surface area contributed by atoms with Gasteiger partial charge in [0.1, 0.15) is 0 Å². The molecule has 114 valence electrons. The van der Waals surface area contributed by atoms with Crippen molar-refractivity contribution in [3.05, 3.63) is 22.7 Å². The Hall–Kier alpha value is -1.01. The number of nitrogens with one attached hydrogen (secondary N) is 1. The lowest BCUT2D eigenvalue weighted by atomic mass is 10.0. The van der Waals surface area contributed by atoms with Crippen LogP contribution in [0.1, 0.15) is 5.56 Å². The maximum atomic E-state index is 6.23. The maximum Gasteiger partial charge on any atom is 0.231 e. The van der Waals surface area contributed by atoms with Crippen LogP contribution in [0.3, 0.4) is 0 Å². The first-order valence-corrected chi connectivity index (χ1v) is 7.92. The third-order valence-electron chi connectivity index (χ3n) is 4.50. The van der Waals surface area contributed by atoms with E-state index in [2.05, 4.69) is 15.1 Å². The van der Waals surface area contributed by atoms with Crippen molar-refractivity contribution in [1.82, 2.24) is 15.1 Å². The van der Waals surface area contributed by atoms with Crippen molar-refractivity contribution >= 4 is 11.6 Å². The Morgan fingerprint density at radius 2 is 2.00 bits per heavy atom. The number of halogens is 1. The molecule has 0 radical (unpaired) electrons. The fourth-order valence-corrected chi connectivity index (χ4v) is 3.61. The van der Waals surface area contributed by atoms with E-state index in [9.17, 15) is 0 Å². The molecule has 0 bridgehead atoms. The predicted octanol–water partition coefficient (Wildman–Crippen LogP) is 1.16. The summed E-state index contributed by atoms with van der Waals surface area (Å²) in [5.41, 5.74) is 1.20. The summed E-state index contributed by atoms with van der Waals surface area (Å²) in [6, 6.07) is 4.76. The first-order valence-electron chi connectivity index (χ1n) is 7.55. The van der Waals surface area contributed by atoms with Gasteiger partial charge in [-0.15, -0.1) is 0 Å². The molecule has 21 heavy (non-hydrogen) atoms. The smallest absolute Gasteiger partial charge is 0.231 e. The Morgan fingerprint density at radius 1 is 1.19 bits per heavy atom. The minimum atomic E-state index is 0.271. The number of piperazine rings is 1. The lowest BCUT2D eigenvalue weighted by Crippen LogP contribution is -2.62. The normalized spacial score (nSPS) is 23.3. The zero-order valence-corrected chi connectivity index (χ0v) is 12.7. The third-order valence-corrected chi connectivity index (χ3v) is 4.78. The van der Waals surface area contributed by atoms with E-state index in [1.165, 1.54) is 18.7 Å². The van der Waals surface area contributed by atoms with Crippen molar-refractivity contribution in [2.45, 2.75) is 12.6 Å². The van der Waals surface area contributed by atoms with Gasteiger partial charge in [0.2, 0.25) is 6.79 Å². The number of ether oxygens (including phenoxy) is 2. The van der Waals surface area contributed by atoms with Gasteiger partial charge in [0.25, 0.3) is 0 Å². The molecule has 0 spiro atoms. The van der Waals surface area contributed by atoms with Crippen molar-refractivity contribution in [2.24, 2.45) is 0 Å². The lowest BCUT2D eigenvalue weighted by molar-refractivity contribution is 0.0223. The van der Waals surface area contributed by atoms with Crippen LogP contribution in [0.5, 0.6) is 11.5 Å². The molecule has 0 aromatic heterocycles. The zero-order valence-electron chi connectivity index (χ0n) is 12.0. The van der Waals surface area contributed by atoms with Gasteiger partial charge < -0.3 is 14.8 Å². The Labute approximate surface area is 129 Å². The van der Waals surface area contributed by atoms with Crippen LogP contribution >= 0.6 is 11.6 Å². The van der Waals surface area contributed by atoms with E-state index in [0.717, 1.165) is 44.5 Å². The van der Waals surface area contributed by atoms with E-state index in [1.807, 2.05) is 12.1 Å². The van der Waals surface area contributed by atoms with Crippen LogP contribution in [0, 0.1) is 0 Å². The SMILES string of the molecule is Clc1cc(CN2CC(N3CCNCC3)C2)cc2c1OCO2. The molecule has 1 aromatic carbocycles. The summed E-state index contributed by atoms with van der Waals surface area (Å²) < 4.78 is 10.8. The van der Waals surface area contributed by atoms with E-state index in [0.29, 0.717) is 10.8 Å². The Morgan fingerprint density at radius 3 is 2.81 bits per heavy atom. The highest BCUT2D eigenvalue weighted by Crippen LogP contribution is 2.40. The van der Waals surface area contributed by atoms with Crippen LogP contribution in [0.2, 0.25) is 5.02 Å². The van der Waals surface area contributed by atoms with E-state index < -0.39 is 0 Å². The highest BCUT2D eigenvalue weighted by molar-refractivity contribution is 6.32. The number of hydrogen-bond acceptors (Lipinski definition) is 5. The molecule has 3 aliphatic rings. The van der Waals surface area contributed by atoms with Crippen molar-refractivity contribution in [3.8, 4) is 11.5 Å². The van der Waals surface area contributed by atoms with Crippen molar-refractivity contribution in [1.29, 1.82) is 0 Å². The molecule has 4 rings (SSSR count). The molecule has 0 aliphatic carbocycles. The summed E-state index contributed by atoms with van der Waals surface area (Å²) in [4.78, 5) is 5.06. The van der Waals surface area contributed by atoms with E-state index in [1.54, 1.807) is 0 Å². The second kappa shape index (κ2) is 5.65. The van der Waals surface area contributed by atoms with Crippen molar-refractivity contribution in [2.75, 3.05) is 46.1 Å². The van der Waals surface area contributed by atoms with Crippen LogP contribution in [-0.4, -0.2) is 61.9 Å².